The molecule has 5 rings (SSSR count). The second-order valence-corrected chi connectivity index (χ2v) is 7.44. The fraction of sp³-hybridized carbons (Fsp3) is 0.150. The number of benzene rings is 1. The lowest BCUT2D eigenvalue weighted by atomic mass is 10.3. The molecule has 0 fully saturated rings. The van der Waals surface area contributed by atoms with Gasteiger partial charge in [0.2, 0.25) is 0 Å². The van der Waals surface area contributed by atoms with Gasteiger partial charge in [0.05, 0.1) is 17.6 Å². The highest BCUT2D eigenvalue weighted by molar-refractivity contribution is 7.09. The van der Waals surface area contributed by atoms with Crippen LogP contribution in [0.4, 0.5) is 0 Å². The normalized spacial score (nSPS) is 11.6. The summed E-state index contributed by atoms with van der Waals surface area (Å²) < 4.78 is 9.56. The maximum absolute atomic E-state index is 11.7. The van der Waals surface area contributed by atoms with Crippen LogP contribution in [0, 0.1) is 6.92 Å². The molecular formula is C20H16N4O2S. The van der Waals surface area contributed by atoms with E-state index in [1.807, 2.05) is 57.8 Å². The van der Waals surface area contributed by atoms with Crippen molar-refractivity contribution >= 4 is 45.0 Å². The number of hydrogen-bond acceptors (Lipinski definition) is 5. The molecule has 0 saturated heterocycles. The van der Waals surface area contributed by atoms with E-state index in [0.717, 1.165) is 33.5 Å². The Kier molecular flexibility index (Phi) is 3.51. The minimum atomic E-state index is -0.361. The Labute approximate surface area is 158 Å². The highest BCUT2D eigenvalue weighted by Crippen LogP contribution is 2.34. The molecule has 0 radical (unpaired) electrons. The minimum Gasteiger partial charge on any atom is -0.424 e. The van der Waals surface area contributed by atoms with Crippen LogP contribution in [0.3, 0.4) is 0 Å². The van der Waals surface area contributed by atoms with Gasteiger partial charge >= 0.3 is 5.97 Å². The molecule has 5 aromatic rings. The van der Waals surface area contributed by atoms with E-state index in [1.165, 1.54) is 11.8 Å². The third kappa shape index (κ3) is 2.50. The Balaban J connectivity index is 1.86. The van der Waals surface area contributed by atoms with Gasteiger partial charge in [-0.15, -0.1) is 11.3 Å². The number of esters is 1. The number of rotatable bonds is 3. The number of ether oxygens (including phenoxy) is 1. The zero-order valence-corrected chi connectivity index (χ0v) is 15.7. The lowest BCUT2D eigenvalue weighted by molar-refractivity contribution is -0.131. The summed E-state index contributed by atoms with van der Waals surface area (Å²) in [6, 6.07) is 12.0. The van der Waals surface area contributed by atoms with Gasteiger partial charge < -0.3 is 9.30 Å². The quantitative estimate of drug-likeness (QED) is 0.443. The molecule has 0 aliphatic carbocycles. The van der Waals surface area contributed by atoms with Crippen LogP contribution in [0.1, 0.15) is 17.6 Å². The molecule has 0 N–H and O–H groups in total. The summed E-state index contributed by atoms with van der Waals surface area (Å²) in [5, 5.41) is 2.80. The molecule has 0 saturated carbocycles. The number of carbonyl (C=O) groups is 1. The summed E-state index contributed by atoms with van der Waals surface area (Å²) in [5.74, 6) is 0.966. The maximum Gasteiger partial charge on any atom is 0.308 e. The Morgan fingerprint density at radius 3 is 2.78 bits per heavy atom. The van der Waals surface area contributed by atoms with E-state index >= 15 is 0 Å². The van der Waals surface area contributed by atoms with Crippen LogP contribution < -0.4 is 4.74 Å². The van der Waals surface area contributed by atoms with Crippen molar-refractivity contribution in [3.63, 3.8) is 0 Å². The van der Waals surface area contributed by atoms with Gasteiger partial charge in [0.1, 0.15) is 16.9 Å². The van der Waals surface area contributed by atoms with Crippen LogP contribution >= 0.6 is 11.3 Å². The maximum atomic E-state index is 11.7. The summed E-state index contributed by atoms with van der Waals surface area (Å²) in [6.45, 7) is 4.04. The van der Waals surface area contributed by atoms with E-state index in [0.29, 0.717) is 12.3 Å². The molecular weight excluding hydrogens is 360 g/mol. The van der Waals surface area contributed by atoms with Gasteiger partial charge in [-0.2, -0.15) is 0 Å². The van der Waals surface area contributed by atoms with Crippen LogP contribution in [0.2, 0.25) is 0 Å². The van der Waals surface area contributed by atoms with E-state index < -0.39 is 0 Å². The standard InChI is InChI=1S/C20H16N4O2S/c1-12-21-19-18(20-22-15-7-3-4-8-16(15)24(12)20)17(26-13(2)25)11-23(19)10-14-6-5-9-27-14/h3-9,11H,10H2,1-2H3. The van der Waals surface area contributed by atoms with Crippen molar-refractivity contribution in [1.82, 2.24) is 18.9 Å². The van der Waals surface area contributed by atoms with E-state index in [9.17, 15) is 4.79 Å². The van der Waals surface area contributed by atoms with Gasteiger partial charge in [0.15, 0.2) is 11.4 Å². The highest BCUT2D eigenvalue weighted by atomic mass is 32.1. The molecule has 6 nitrogen and oxygen atoms in total. The third-order valence-electron chi connectivity index (χ3n) is 4.55. The first-order chi connectivity index (χ1) is 13.1. The number of aromatic nitrogens is 4. The van der Waals surface area contributed by atoms with Crippen molar-refractivity contribution < 1.29 is 9.53 Å². The molecule has 4 heterocycles. The number of imidazole rings is 1. The van der Waals surface area contributed by atoms with E-state index in [1.54, 1.807) is 11.3 Å². The first-order valence-corrected chi connectivity index (χ1v) is 9.47. The predicted octanol–water partition coefficient (Wildman–Crippen LogP) is 4.18. The molecule has 0 unspecified atom stereocenters. The molecule has 0 amide bonds. The van der Waals surface area contributed by atoms with Crippen molar-refractivity contribution in [3.05, 3.63) is 58.7 Å². The van der Waals surface area contributed by atoms with Crippen LogP contribution in [0.25, 0.3) is 27.7 Å². The molecule has 0 aliphatic heterocycles. The highest BCUT2D eigenvalue weighted by Gasteiger charge is 2.20. The molecule has 0 bridgehead atoms. The number of para-hydroxylation sites is 2. The molecule has 0 spiro atoms. The van der Waals surface area contributed by atoms with Crippen LogP contribution in [-0.4, -0.2) is 24.9 Å². The summed E-state index contributed by atoms with van der Waals surface area (Å²) in [6.07, 6.45) is 1.84. The summed E-state index contributed by atoms with van der Waals surface area (Å²) in [4.78, 5) is 22.5. The molecule has 0 aliphatic rings. The lowest BCUT2D eigenvalue weighted by Gasteiger charge is -2.06. The molecule has 0 atom stereocenters. The van der Waals surface area contributed by atoms with Gasteiger partial charge in [0.25, 0.3) is 0 Å². The van der Waals surface area contributed by atoms with Crippen molar-refractivity contribution in [3.8, 4) is 5.75 Å². The zero-order valence-electron chi connectivity index (χ0n) is 14.8. The van der Waals surface area contributed by atoms with Gasteiger partial charge in [-0.25, -0.2) is 9.97 Å². The Morgan fingerprint density at radius 1 is 1.15 bits per heavy atom. The number of fused-ring (bicyclic) bond motifs is 5. The molecule has 1 aromatic carbocycles. The monoisotopic (exact) mass is 376 g/mol. The first-order valence-electron chi connectivity index (χ1n) is 8.59. The molecule has 134 valence electrons. The Hall–Kier alpha value is -3.19. The summed E-state index contributed by atoms with van der Waals surface area (Å²) >= 11 is 1.68. The number of thiophene rings is 1. The largest absolute Gasteiger partial charge is 0.424 e. The number of nitrogens with zero attached hydrogens (tertiary/aromatic N) is 4. The Bertz CT molecular complexity index is 1310. The van der Waals surface area contributed by atoms with Crippen LogP contribution in [0.5, 0.6) is 5.75 Å². The number of hydrogen-bond donors (Lipinski definition) is 0. The van der Waals surface area contributed by atoms with E-state index in [4.69, 9.17) is 14.7 Å². The van der Waals surface area contributed by atoms with Gasteiger partial charge in [-0.1, -0.05) is 18.2 Å². The predicted molar refractivity (Wildman–Crippen MR) is 105 cm³/mol. The van der Waals surface area contributed by atoms with E-state index in [-0.39, 0.29) is 5.97 Å². The molecule has 27 heavy (non-hydrogen) atoms. The topological polar surface area (TPSA) is 61.4 Å². The SMILES string of the molecule is CC(=O)Oc1cn(Cc2cccs2)c2nc(C)n3c4ccccc4nc3c12. The van der Waals surface area contributed by atoms with Crippen LogP contribution in [-0.2, 0) is 11.3 Å². The van der Waals surface area contributed by atoms with Crippen LogP contribution in [0.15, 0.2) is 48.0 Å². The fourth-order valence-corrected chi connectivity index (χ4v) is 4.20. The average molecular weight is 376 g/mol. The van der Waals surface area contributed by atoms with Crippen molar-refractivity contribution in [2.24, 2.45) is 0 Å². The second kappa shape index (κ2) is 5.92. The number of aryl methyl sites for hydroxylation is 1. The van der Waals surface area contributed by atoms with E-state index in [2.05, 4.69) is 6.07 Å². The smallest absolute Gasteiger partial charge is 0.308 e. The Morgan fingerprint density at radius 2 is 2.00 bits per heavy atom. The number of carbonyl (C=O) groups excluding carboxylic acids is 1. The summed E-state index contributed by atoms with van der Waals surface area (Å²) in [5.41, 5.74) is 3.38. The fourth-order valence-electron chi connectivity index (χ4n) is 3.50. The van der Waals surface area contributed by atoms with Gasteiger partial charge in [-0.05, 0) is 30.5 Å². The van der Waals surface area contributed by atoms with Crippen molar-refractivity contribution in [2.45, 2.75) is 20.4 Å². The second-order valence-electron chi connectivity index (χ2n) is 6.41. The molecule has 7 heteroatoms. The average Bonchev–Trinajstić information content (AvgIpc) is 3.33. The first kappa shape index (κ1) is 16.0. The van der Waals surface area contributed by atoms with Crippen molar-refractivity contribution in [1.29, 1.82) is 0 Å². The molecule has 4 aromatic heterocycles. The summed E-state index contributed by atoms with van der Waals surface area (Å²) in [7, 11) is 0. The van der Waals surface area contributed by atoms with Crippen molar-refractivity contribution in [2.75, 3.05) is 0 Å². The lowest BCUT2D eigenvalue weighted by Crippen LogP contribution is -2.02. The minimum absolute atomic E-state index is 0.361. The third-order valence-corrected chi connectivity index (χ3v) is 5.41. The zero-order chi connectivity index (χ0) is 18.5. The van der Waals surface area contributed by atoms with Gasteiger partial charge in [0, 0.05) is 18.0 Å². The van der Waals surface area contributed by atoms with Gasteiger partial charge in [-0.3, -0.25) is 9.20 Å².